The zero-order valence-electron chi connectivity index (χ0n) is 7.90. The second kappa shape index (κ2) is 7.08. The van der Waals surface area contributed by atoms with Crippen molar-refractivity contribution in [1.82, 2.24) is 5.32 Å². The van der Waals surface area contributed by atoms with Gasteiger partial charge in [0.25, 0.3) is 0 Å². The van der Waals surface area contributed by atoms with Crippen molar-refractivity contribution in [2.45, 2.75) is 0 Å². The Morgan fingerprint density at radius 1 is 1.62 bits per heavy atom. The van der Waals surface area contributed by atoms with E-state index in [4.69, 9.17) is 5.21 Å². The fourth-order valence-electron chi connectivity index (χ4n) is 0.853. The van der Waals surface area contributed by atoms with Gasteiger partial charge in [-0.25, -0.2) is 0 Å². The maximum atomic E-state index is 11.3. The third-order valence-corrected chi connectivity index (χ3v) is 2.95. The molecule has 0 spiro atoms. The SMILES string of the molecule is CNC(=O)C(CSC)C(=NO)SC. The van der Waals surface area contributed by atoms with Gasteiger partial charge >= 0.3 is 0 Å². The van der Waals surface area contributed by atoms with E-state index in [2.05, 4.69) is 10.5 Å². The first kappa shape index (κ1) is 12.6. The summed E-state index contributed by atoms with van der Waals surface area (Å²) in [4.78, 5) is 11.3. The van der Waals surface area contributed by atoms with Crippen LogP contribution in [0.5, 0.6) is 0 Å². The molecule has 13 heavy (non-hydrogen) atoms. The van der Waals surface area contributed by atoms with Crippen LogP contribution in [-0.2, 0) is 4.79 Å². The van der Waals surface area contributed by atoms with E-state index in [9.17, 15) is 4.79 Å². The third kappa shape index (κ3) is 3.91. The summed E-state index contributed by atoms with van der Waals surface area (Å²) in [6, 6.07) is 0. The van der Waals surface area contributed by atoms with Crippen molar-refractivity contribution in [2.75, 3.05) is 25.3 Å². The maximum absolute atomic E-state index is 11.3. The summed E-state index contributed by atoms with van der Waals surface area (Å²) in [5.74, 6) is 0.163. The van der Waals surface area contributed by atoms with Gasteiger partial charge in [0.05, 0.1) is 5.92 Å². The van der Waals surface area contributed by atoms with Crippen LogP contribution in [0.3, 0.4) is 0 Å². The second-order valence-corrected chi connectivity index (χ2v) is 4.00. The van der Waals surface area contributed by atoms with E-state index in [-0.39, 0.29) is 11.8 Å². The number of nitrogens with zero attached hydrogens (tertiary/aromatic N) is 1. The number of hydrogen-bond acceptors (Lipinski definition) is 5. The van der Waals surface area contributed by atoms with E-state index >= 15 is 0 Å². The molecule has 0 aliphatic rings. The molecule has 0 bridgehead atoms. The lowest BCUT2D eigenvalue weighted by Crippen LogP contribution is -2.33. The molecule has 76 valence electrons. The van der Waals surface area contributed by atoms with Gasteiger partial charge in [-0.15, -0.1) is 11.8 Å². The summed E-state index contributed by atoms with van der Waals surface area (Å²) >= 11 is 2.83. The van der Waals surface area contributed by atoms with Gasteiger partial charge in [-0.05, 0) is 12.5 Å². The molecule has 0 saturated heterocycles. The van der Waals surface area contributed by atoms with Crippen molar-refractivity contribution < 1.29 is 10.0 Å². The van der Waals surface area contributed by atoms with Gasteiger partial charge in [0.2, 0.25) is 5.91 Å². The Morgan fingerprint density at radius 2 is 2.23 bits per heavy atom. The van der Waals surface area contributed by atoms with Crippen molar-refractivity contribution >= 4 is 34.5 Å². The molecule has 6 heteroatoms. The van der Waals surface area contributed by atoms with Gasteiger partial charge in [0.1, 0.15) is 5.04 Å². The first-order valence-electron chi connectivity index (χ1n) is 3.67. The summed E-state index contributed by atoms with van der Waals surface area (Å²) in [5, 5.41) is 14.7. The first-order chi connectivity index (χ1) is 6.21. The molecule has 0 aliphatic carbocycles. The van der Waals surface area contributed by atoms with Crippen LogP contribution in [0.1, 0.15) is 0 Å². The summed E-state index contributed by atoms with van der Waals surface area (Å²) in [6.07, 6.45) is 3.69. The Morgan fingerprint density at radius 3 is 2.54 bits per heavy atom. The largest absolute Gasteiger partial charge is 0.410 e. The number of thioether (sulfide) groups is 2. The zero-order chi connectivity index (χ0) is 10.3. The van der Waals surface area contributed by atoms with Crippen molar-refractivity contribution in [3.05, 3.63) is 0 Å². The molecule has 0 aliphatic heterocycles. The Bertz CT molecular complexity index is 197. The number of oxime groups is 1. The summed E-state index contributed by atoms with van der Waals surface area (Å²) in [7, 11) is 1.57. The highest BCUT2D eigenvalue weighted by molar-refractivity contribution is 8.13. The molecule has 0 aromatic rings. The summed E-state index contributed by atoms with van der Waals surface area (Å²) in [6.45, 7) is 0. The Kier molecular flexibility index (Phi) is 6.89. The average molecular weight is 222 g/mol. The molecule has 4 nitrogen and oxygen atoms in total. The number of rotatable bonds is 4. The summed E-state index contributed by atoms with van der Waals surface area (Å²) in [5.41, 5.74) is 0. The van der Waals surface area contributed by atoms with E-state index in [0.717, 1.165) is 0 Å². The first-order valence-corrected chi connectivity index (χ1v) is 6.29. The van der Waals surface area contributed by atoms with E-state index in [1.54, 1.807) is 25.1 Å². The highest BCUT2D eigenvalue weighted by atomic mass is 32.2. The predicted octanol–water partition coefficient (Wildman–Crippen LogP) is 0.862. The van der Waals surface area contributed by atoms with E-state index in [1.807, 2.05) is 6.26 Å². The number of carbonyl (C=O) groups excluding carboxylic acids is 1. The lowest BCUT2D eigenvalue weighted by atomic mass is 10.2. The minimum absolute atomic E-state index is 0.114. The highest BCUT2D eigenvalue weighted by Gasteiger charge is 2.22. The topological polar surface area (TPSA) is 61.7 Å². The van der Waals surface area contributed by atoms with Crippen LogP contribution in [0.4, 0.5) is 0 Å². The van der Waals surface area contributed by atoms with Crippen molar-refractivity contribution in [3.8, 4) is 0 Å². The number of carbonyl (C=O) groups is 1. The molecule has 1 unspecified atom stereocenters. The fourth-order valence-corrected chi connectivity index (χ4v) is 2.16. The van der Waals surface area contributed by atoms with Gasteiger partial charge in [-0.2, -0.15) is 11.8 Å². The molecular weight excluding hydrogens is 208 g/mol. The van der Waals surface area contributed by atoms with Gasteiger partial charge in [0, 0.05) is 12.8 Å². The van der Waals surface area contributed by atoms with E-state index in [0.29, 0.717) is 10.8 Å². The van der Waals surface area contributed by atoms with Gasteiger partial charge in [-0.3, -0.25) is 4.79 Å². The average Bonchev–Trinajstić information content (AvgIpc) is 2.17. The number of nitrogens with one attached hydrogen (secondary N) is 1. The molecule has 1 amide bonds. The Balaban J connectivity index is 4.48. The van der Waals surface area contributed by atoms with Crippen molar-refractivity contribution in [3.63, 3.8) is 0 Å². The van der Waals surface area contributed by atoms with Crippen LogP contribution in [0.15, 0.2) is 5.16 Å². The number of amides is 1. The zero-order valence-corrected chi connectivity index (χ0v) is 9.54. The molecule has 0 radical (unpaired) electrons. The standard InChI is InChI=1S/C7H14N2O2S2/c1-8-6(10)5(4-12-2)7(9-11)13-3/h5,11H,4H2,1-3H3,(H,8,10). The maximum Gasteiger partial charge on any atom is 0.230 e. The van der Waals surface area contributed by atoms with E-state index < -0.39 is 0 Å². The molecular formula is C7H14N2O2S2. The minimum atomic E-state index is -0.347. The van der Waals surface area contributed by atoms with Gasteiger partial charge in [0.15, 0.2) is 0 Å². The highest BCUT2D eigenvalue weighted by Crippen LogP contribution is 2.15. The lowest BCUT2D eigenvalue weighted by Gasteiger charge is -2.13. The van der Waals surface area contributed by atoms with E-state index in [1.165, 1.54) is 11.8 Å². The van der Waals surface area contributed by atoms with Gasteiger partial charge < -0.3 is 10.5 Å². The fraction of sp³-hybridized carbons (Fsp3) is 0.714. The predicted molar refractivity (Wildman–Crippen MR) is 58.7 cm³/mol. The second-order valence-electron chi connectivity index (χ2n) is 2.26. The summed E-state index contributed by atoms with van der Waals surface area (Å²) < 4.78 is 0. The van der Waals surface area contributed by atoms with Crippen LogP contribution in [0.25, 0.3) is 0 Å². The van der Waals surface area contributed by atoms with Gasteiger partial charge in [-0.1, -0.05) is 5.16 Å². The molecule has 2 N–H and O–H groups in total. The molecule has 1 atom stereocenters. The molecule has 0 rings (SSSR count). The van der Waals surface area contributed by atoms with Crippen molar-refractivity contribution in [1.29, 1.82) is 0 Å². The lowest BCUT2D eigenvalue weighted by molar-refractivity contribution is -0.121. The molecule has 0 aromatic heterocycles. The Hall–Kier alpha value is -0.360. The molecule has 0 fully saturated rings. The molecule has 0 aromatic carbocycles. The minimum Gasteiger partial charge on any atom is -0.410 e. The third-order valence-electron chi connectivity index (χ3n) is 1.50. The quantitative estimate of drug-likeness (QED) is 0.320. The monoisotopic (exact) mass is 222 g/mol. The Labute approximate surface area is 86.5 Å². The van der Waals surface area contributed by atoms with Crippen LogP contribution < -0.4 is 5.32 Å². The van der Waals surface area contributed by atoms with Crippen molar-refractivity contribution in [2.24, 2.45) is 11.1 Å². The smallest absolute Gasteiger partial charge is 0.230 e. The molecule has 0 heterocycles. The number of hydrogen-bond donors (Lipinski definition) is 2. The van der Waals surface area contributed by atoms with Crippen LogP contribution in [0, 0.1) is 5.92 Å². The van der Waals surface area contributed by atoms with Crippen LogP contribution in [-0.4, -0.2) is 41.5 Å². The molecule has 0 saturated carbocycles. The normalized spacial score (nSPS) is 13.9. The van der Waals surface area contributed by atoms with Crippen LogP contribution >= 0.6 is 23.5 Å². The van der Waals surface area contributed by atoms with Crippen LogP contribution in [0.2, 0.25) is 0 Å².